The molecule has 0 spiro atoms. The Kier molecular flexibility index (Phi) is 3.45. The zero-order chi connectivity index (χ0) is 14.2. The summed E-state index contributed by atoms with van der Waals surface area (Å²) in [7, 11) is -1.32. The maximum atomic E-state index is 12.1. The van der Waals surface area contributed by atoms with E-state index < -0.39 is 19.6 Å². The first-order valence-electron chi connectivity index (χ1n) is 6.42. The minimum absolute atomic E-state index is 0.0153. The molecule has 0 bridgehead atoms. The van der Waals surface area contributed by atoms with Gasteiger partial charge in [0, 0.05) is 24.8 Å². The van der Waals surface area contributed by atoms with E-state index in [1.807, 2.05) is 0 Å². The average Bonchev–Trinajstić information content (AvgIpc) is 2.35. The lowest BCUT2D eigenvalue weighted by Crippen LogP contribution is -2.26. The van der Waals surface area contributed by atoms with Crippen molar-refractivity contribution < 1.29 is 14.7 Å². The zero-order valence-electron chi connectivity index (χ0n) is 11.5. The fourth-order valence-corrected chi connectivity index (χ4v) is 3.15. The summed E-state index contributed by atoms with van der Waals surface area (Å²) in [6, 6.07) is 7.61. The summed E-state index contributed by atoms with van der Waals surface area (Å²) in [4.78, 5) is 24.1. The molecule has 1 aromatic carbocycles. The van der Waals surface area contributed by atoms with Gasteiger partial charge in [-0.25, -0.2) is 0 Å². The van der Waals surface area contributed by atoms with Crippen LogP contribution in [0.2, 0.25) is 25.7 Å². The molecular weight excluding hydrogens is 256 g/mol. The van der Waals surface area contributed by atoms with Crippen molar-refractivity contribution in [1.29, 1.82) is 0 Å². The van der Waals surface area contributed by atoms with Crippen molar-refractivity contribution in [3.63, 3.8) is 0 Å². The van der Waals surface area contributed by atoms with Gasteiger partial charge in [-0.1, -0.05) is 50.0 Å². The Bertz CT molecular complexity index is 579. The van der Waals surface area contributed by atoms with Crippen LogP contribution in [0, 0.1) is 0 Å². The van der Waals surface area contributed by atoms with Gasteiger partial charge in [-0.15, -0.1) is 0 Å². The van der Waals surface area contributed by atoms with E-state index in [2.05, 4.69) is 19.6 Å². The number of aliphatic hydroxyl groups is 1. The number of carbonyl (C=O) groups excluding carboxylic acids is 2. The topological polar surface area (TPSA) is 54.4 Å². The van der Waals surface area contributed by atoms with E-state index in [9.17, 15) is 14.7 Å². The van der Waals surface area contributed by atoms with Gasteiger partial charge in [-0.05, 0) is 6.42 Å². The molecule has 0 saturated heterocycles. The van der Waals surface area contributed by atoms with E-state index in [1.54, 1.807) is 24.3 Å². The molecule has 1 aromatic rings. The zero-order valence-corrected chi connectivity index (χ0v) is 12.5. The van der Waals surface area contributed by atoms with Gasteiger partial charge in [0.05, 0.1) is 0 Å². The number of rotatable bonds is 3. The van der Waals surface area contributed by atoms with Crippen LogP contribution in [0.5, 0.6) is 0 Å². The number of aliphatic hydroxyl groups excluding tert-OH is 1. The Morgan fingerprint density at radius 2 is 1.58 bits per heavy atom. The number of Topliss-reactive ketones (excluding diaryl/α,β-unsaturated/α-hetero) is 2. The largest absolute Gasteiger partial charge is 0.507 e. The van der Waals surface area contributed by atoms with Crippen molar-refractivity contribution in [3.05, 3.63) is 41.0 Å². The summed E-state index contributed by atoms with van der Waals surface area (Å²) in [6.45, 7) is 6.61. The highest BCUT2D eigenvalue weighted by Crippen LogP contribution is 2.31. The molecule has 4 heteroatoms. The fraction of sp³-hybridized carbons (Fsp3) is 0.333. The summed E-state index contributed by atoms with van der Waals surface area (Å²) in [5.74, 6) is -1.06. The molecule has 0 radical (unpaired) electrons. The molecule has 2 rings (SSSR count). The number of allylic oxidation sites excluding steroid dienone is 1. The Balaban J connectivity index is 2.42. The number of benzene rings is 1. The smallest absolute Gasteiger partial charge is 0.234 e. The van der Waals surface area contributed by atoms with Crippen LogP contribution in [0.1, 0.15) is 22.3 Å². The summed E-state index contributed by atoms with van der Waals surface area (Å²) < 4.78 is 0. The molecule has 0 atom stereocenters. The highest BCUT2D eigenvalue weighted by molar-refractivity contribution is 6.76. The van der Waals surface area contributed by atoms with Crippen molar-refractivity contribution in [2.45, 2.75) is 32.1 Å². The second-order valence-corrected chi connectivity index (χ2v) is 11.7. The van der Waals surface area contributed by atoms with E-state index in [0.717, 1.165) is 6.04 Å². The van der Waals surface area contributed by atoms with Gasteiger partial charge in [0.15, 0.2) is 0 Å². The maximum Gasteiger partial charge on any atom is 0.234 e. The SMILES string of the molecule is C[Si](C)(C)CCC1=C(O)c2ccccc2C(=O)C1=O. The first-order valence-corrected chi connectivity index (χ1v) is 10.1. The Hall–Kier alpha value is -1.68. The minimum atomic E-state index is -1.32. The van der Waals surface area contributed by atoms with E-state index >= 15 is 0 Å². The number of hydrogen-bond acceptors (Lipinski definition) is 3. The summed E-state index contributed by atoms with van der Waals surface area (Å²) in [6.07, 6.45) is 0.487. The van der Waals surface area contributed by atoms with Crippen molar-refractivity contribution in [3.8, 4) is 0 Å². The van der Waals surface area contributed by atoms with E-state index in [0.29, 0.717) is 17.5 Å². The number of ketones is 2. The quantitative estimate of drug-likeness (QED) is 0.678. The van der Waals surface area contributed by atoms with Crippen LogP contribution in [0.3, 0.4) is 0 Å². The second kappa shape index (κ2) is 4.77. The van der Waals surface area contributed by atoms with E-state index in [-0.39, 0.29) is 11.3 Å². The van der Waals surface area contributed by atoms with Gasteiger partial charge in [0.2, 0.25) is 11.6 Å². The highest BCUT2D eigenvalue weighted by Gasteiger charge is 2.32. The molecule has 1 N–H and O–H groups in total. The fourth-order valence-electron chi connectivity index (χ4n) is 2.15. The van der Waals surface area contributed by atoms with Gasteiger partial charge in [-0.3, -0.25) is 9.59 Å². The molecule has 19 heavy (non-hydrogen) atoms. The molecule has 100 valence electrons. The third-order valence-electron chi connectivity index (χ3n) is 3.32. The minimum Gasteiger partial charge on any atom is -0.507 e. The molecule has 0 aromatic heterocycles. The third kappa shape index (κ3) is 2.68. The highest BCUT2D eigenvalue weighted by atomic mass is 28.3. The molecule has 3 nitrogen and oxygen atoms in total. The molecule has 1 aliphatic carbocycles. The average molecular weight is 274 g/mol. The molecule has 1 aliphatic rings. The lowest BCUT2D eigenvalue weighted by Gasteiger charge is -2.20. The van der Waals surface area contributed by atoms with Gasteiger partial charge in [-0.2, -0.15) is 0 Å². The van der Waals surface area contributed by atoms with Gasteiger partial charge < -0.3 is 5.11 Å². The van der Waals surface area contributed by atoms with Gasteiger partial charge in [0.1, 0.15) is 5.76 Å². The molecule has 0 unspecified atom stereocenters. The van der Waals surface area contributed by atoms with Crippen LogP contribution < -0.4 is 0 Å². The molecular formula is C15H18O3Si. The van der Waals surface area contributed by atoms with Crippen molar-refractivity contribution >= 4 is 25.4 Å². The normalized spacial score (nSPS) is 15.7. The van der Waals surface area contributed by atoms with E-state index in [4.69, 9.17) is 0 Å². The van der Waals surface area contributed by atoms with Crippen LogP contribution in [0.15, 0.2) is 29.8 Å². The predicted molar refractivity (Wildman–Crippen MR) is 78.1 cm³/mol. The van der Waals surface area contributed by atoms with Crippen LogP contribution >= 0.6 is 0 Å². The lowest BCUT2D eigenvalue weighted by atomic mass is 9.87. The second-order valence-electron chi connectivity index (χ2n) is 6.09. The summed E-state index contributed by atoms with van der Waals surface area (Å²) in [5, 5.41) is 10.2. The molecule has 0 saturated carbocycles. The number of hydrogen-bond donors (Lipinski definition) is 1. The summed E-state index contributed by atoms with van der Waals surface area (Å²) >= 11 is 0. The number of carbonyl (C=O) groups is 2. The van der Waals surface area contributed by atoms with Gasteiger partial charge in [0.25, 0.3) is 0 Å². The first kappa shape index (κ1) is 13.7. The van der Waals surface area contributed by atoms with Crippen molar-refractivity contribution in [2.75, 3.05) is 0 Å². The first-order chi connectivity index (χ1) is 8.81. The van der Waals surface area contributed by atoms with Crippen LogP contribution in [0.25, 0.3) is 5.76 Å². The van der Waals surface area contributed by atoms with Crippen LogP contribution in [-0.4, -0.2) is 24.7 Å². The van der Waals surface area contributed by atoms with Crippen LogP contribution in [0.4, 0.5) is 0 Å². The molecule has 0 heterocycles. The molecule has 0 amide bonds. The van der Waals surface area contributed by atoms with Crippen molar-refractivity contribution in [1.82, 2.24) is 0 Å². The Morgan fingerprint density at radius 3 is 2.16 bits per heavy atom. The van der Waals surface area contributed by atoms with Crippen molar-refractivity contribution in [2.24, 2.45) is 0 Å². The monoisotopic (exact) mass is 274 g/mol. The molecule has 0 aliphatic heterocycles. The molecule has 0 fully saturated rings. The third-order valence-corrected chi connectivity index (χ3v) is 5.07. The predicted octanol–water partition coefficient (Wildman–Crippen LogP) is 3.45. The lowest BCUT2D eigenvalue weighted by molar-refractivity contribution is -0.112. The van der Waals surface area contributed by atoms with E-state index in [1.165, 1.54) is 0 Å². The maximum absolute atomic E-state index is 12.1. The standard InChI is InChI=1S/C15H18O3Si/c1-19(2,3)9-8-12-13(16)10-6-4-5-7-11(10)14(17)15(12)18/h4-7,16H,8-9H2,1-3H3. The number of fused-ring (bicyclic) bond motifs is 1. The summed E-state index contributed by atoms with van der Waals surface area (Å²) in [5.41, 5.74) is 1.07. The Labute approximate surface area is 114 Å². The van der Waals surface area contributed by atoms with Crippen LogP contribution in [-0.2, 0) is 4.79 Å². The van der Waals surface area contributed by atoms with Gasteiger partial charge >= 0.3 is 0 Å². The Morgan fingerprint density at radius 1 is 1.00 bits per heavy atom.